The van der Waals surface area contributed by atoms with Gasteiger partial charge in [0.2, 0.25) is 0 Å². The van der Waals surface area contributed by atoms with Gasteiger partial charge in [-0.2, -0.15) is 0 Å². The number of ether oxygens (including phenoxy) is 1. The third kappa shape index (κ3) is 5.24. The van der Waals surface area contributed by atoms with E-state index in [9.17, 15) is 19.1 Å². The molecule has 0 saturated carbocycles. The number of benzene rings is 1. The summed E-state index contributed by atoms with van der Waals surface area (Å²) >= 11 is 0. The van der Waals surface area contributed by atoms with Crippen LogP contribution in [0.1, 0.15) is 30.1 Å². The van der Waals surface area contributed by atoms with Gasteiger partial charge in [0.25, 0.3) is 0 Å². The van der Waals surface area contributed by atoms with E-state index in [1.54, 1.807) is 0 Å². The van der Waals surface area contributed by atoms with Crippen LogP contribution in [0.4, 0.5) is 4.39 Å². The highest BCUT2D eigenvalue weighted by Crippen LogP contribution is 2.10. The Morgan fingerprint density at radius 3 is 2.43 bits per heavy atom. The molecule has 1 rings (SSSR count). The van der Waals surface area contributed by atoms with E-state index in [-0.39, 0.29) is 24.9 Å². The second-order valence-electron chi connectivity index (χ2n) is 4.66. The summed E-state index contributed by atoms with van der Waals surface area (Å²) in [6.45, 7) is 1.70. The second kappa shape index (κ2) is 8.49. The van der Waals surface area contributed by atoms with Gasteiger partial charge in [-0.05, 0) is 30.7 Å². The number of halogens is 1. The summed E-state index contributed by atoms with van der Waals surface area (Å²) in [5.74, 6) is -1.31. The van der Waals surface area contributed by atoms with Gasteiger partial charge >= 0.3 is 5.97 Å². The number of aliphatic hydroxyl groups is 1. The number of nitrogens with one attached hydrogen (secondary N) is 1. The van der Waals surface area contributed by atoms with Crippen LogP contribution in [0.5, 0.6) is 0 Å². The molecule has 21 heavy (non-hydrogen) atoms. The summed E-state index contributed by atoms with van der Waals surface area (Å²) in [7, 11) is 1.24. The normalized spacial score (nSPS) is 13.5. The van der Waals surface area contributed by atoms with Gasteiger partial charge in [0.05, 0.1) is 26.2 Å². The Morgan fingerprint density at radius 1 is 1.33 bits per heavy atom. The Morgan fingerprint density at radius 2 is 1.95 bits per heavy atom. The maximum absolute atomic E-state index is 12.9. The predicted octanol–water partition coefficient (Wildman–Crippen LogP) is 1.30. The lowest BCUT2D eigenvalue weighted by Crippen LogP contribution is -2.46. The summed E-state index contributed by atoms with van der Waals surface area (Å²) in [6.07, 6.45) is 0.452. The topological polar surface area (TPSA) is 75.6 Å². The molecule has 1 aromatic rings. The molecule has 0 aliphatic rings. The van der Waals surface area contributed by atoms with Gasteiger partial charge in [-0.15, -0.1) is 0 Å². The fourth-order valence-electron chi connectivity index (χ4n) is 1.88. The van der Waals surface area contributed by atoms with E-state index in [1.165, 1.54) is 31.4 Å². The van der Waals surface area contributed by atoms with Crippen molar-refractivity contribution in [2.75, 3.05) is 13.7 Å². The minimum atomic E-state index is -0.819. The van der Waals surface area contributed by atoms with Gasteiger partial charge in [0.1, 0.15) is 5.82 Å². The number of Topliss-reactive ketones (excluding diaryl/α,β-unsaturated/α-hetero) is 1. The minimum Gasteiger partial charge on any atom is -0.469 e. The van der Waals surface area contributed by atoms with E-state index >= 15 is 0 Å². The first-order chi connectivity index (χ1) is 10.0. The van der Waals surface area contributed by atoms with Gasteiger partial charge in [-0.1, -0.05) is 6.92 Å². The monoisotopic (exact) mass is 297 g/mol. The van der Waals surface area contributed by atoms with Gasteiger partial charge in [0, 0.05) is 11.6 Å². The number of aliphatic hydroxyl groups excluding tert-OH is 1. The van der Waals surface area contributed by atoms with E-state index < -0.39 is 17.8 Å². The molecule has 0 fully saturated rings. The van der Waals surface area contributed by atoms with Crippen molar-refractivity contribution in [2.24, 2.45) is 0 Å². The van der Waals surface area contributed by atoms with Crippen molar-refractivity contribution in [3.8, 4) is 0 Å². The van der Waals surface area contributed by atoms with Crippen molar-refractivity contribution in [2.45, 2.75) is 31.8 Å². The molecule has 0 aliphatic heterocycles. The minimum absolute atomic E-state index is 0.148. The first kappa shape index (κ1) is 17.3. The maximum atomic E-state index is 12.9. The lowest BCUT2D eigenvalue weighted by molar-refractivity contribution is -0.141. The smallest absolute Gasteiger partial charge is 0.307 e. The highest BCUT2D eigenvalue weighted by molar-refractivity contribution is 6.01. The van der Waals surface area contributed by atoms with Crippen molar-refractivity contribution in [1.82, 2.24) is 5.32 Å². The molecule has 0 bridgehead atoms. The van der Waals surface area contributed by atoms with E-state index in [2.05, 4.69) is 10.1 Å². The van der Waals surface area contributed by atoms with Gasteiger partial charge in [0.15, 0.2) is 5.78 Å². The molecule has 6 heteroatoms. The van der Waals surface area contributed by atoms with E-state index in [4.69, 9.17) is 0 Å². The van der Waals surface area contributed by atoms with Crippen molar-refractivity contribution >= 4 is 11.8 Å². The lowest BCUT2D eigenvalue weighted by Gasteiger charge is -2.22. The quantitative estimate of drug-likeness (QED) is 0.559. The molecule has 2 atom stereocenters. The Kier molecular flexibility index (Phi) is 6.98. The van der Waals surface area contributed by atoms with Crippen LogP contribution in [0.15, 0.2) is 24.3 Å². The number of hydrogen-bond donors (Lipinski definition) is 2. The number of ketones is 1. The SMILES string of the molecule is CCC(CO)NC(CC(=O)OC)C(=O)c1ccc(F)cc1. The third-order valence-corrected chi connectivity index (χ3v) is 3.19. The molecular formula is C15H20FNO4. The number of carbonyl (C=O) groups excluding carboxylic acids is 2. The molecule has 0 spiro atoms. The number of rotatable bonds is 8. The van der Waals surface area contributed by atoms with Crippen LogP contribution in [0.25, 0.3) is 0 Å². The fourth-order valence-corrected chi connectivity index (χ4v) is 1.88. The van der Waals surface area contributed by atoms with Crippen LogP contribution in [0.2, 0.25) is 0 Å². The van der Waals surface area contributed by atoms with Crippen LogP contribution in [0, 0.1) is 5.82 Å². The molecule has 0 saturated heterocycles. The molecule has 2 N–H and O–H groups in total. The van der Waals surface area contributed by atoms with Gasteiger partial charge in [-0.25, -0.2) is 4.39 Å². The second-order valence-corrected chi connectivity index (χ2v) is 4.66. The fraction of sp³-hybridized carbons (Fsp3) is 0.467. The van der Waals surface area contributed by atoms with Crippen molar-refractivity contribution in [3.63, 3.8) is 0 Å². The first-order valence-corrected chi connectivity index (χ1v) is 6.75. The molecule has 0 radical (unpaired) electrons. The van der Waals surface area contributed by atoms with Crippen LogP contribution in [-0.4, -0.2) is 42.7 Å². The summed E-state index contributed by atoms with van der Waals surface area (Å²) in [5.41, 5.74) is 0.297. The van der Waals surface area contributed by atoms with E-state index in [0.717, 1.165) is 0 Å². The number of hydrogen-bond acceptors (Lipinski definition) is 5. The molecular weight excluding hydrogens is 277 g/mol. The van der Waals surface area contributed by atoms with E-state index in [1.807, 2.05) is 6.92 Å². The number of esters is 1. The summed E-state index contributed by atoms with van der Waals surface area (Å²) in [6, 6.07) is 3.98. The molecule has 0 heterocycles. The Labute approximate surface area is 123 Å². The zero-order valence-electron chi connectivity index (χ0n) is 12.1. The van der Waals surface area contributed by atoms with Crippen molar-refractivity contribution in [3.05, 3.63) is 35.6 Å². The molecule has 1 aromatic carbocycles. The van der Waals surface area contributed by atoms with Crippen LogP contribution in [-0.2, 0) is 9.53 Å². The van der Waals surface area contributed by atoms with Gasteiger partial charge in [-0.3, -0.25) is 9.59 Å². The van der Waals surface area contributed by atoms with Crippen LogP contribution in [0.3, 0.4) is 0 Å². The Hall–Kier alpha value is -1.79. The predicted molar refractivity (Wildman–Crippen MR) is 75.5 cm³/mol. The van der Waals surface area contributed by atoms with Gasteiger partial charge < -0.3 is 15.2 Å². The highest BCUT2D eigenvalue weighted by atomic mass is 19.1. The largest absolute Gasteiger partial charge is 0.469 e. The summed E-state index contributed by atoms with van der Waals surface area (Å²) in [4.78, 5) is 23.8. The lowest BCUT2D eigenvalue weighted by atomic mass is 10.00. The highest BCUT2D eigenvalue weighted by Gasteiger charge is 2.25. The Bertz CT molecular complexity index is 471. The third-order valence-electron chi connectivity index (χ3n) is 3.19. The van der Waals surface area contributed by atoms with Crippen LogP contribution >= 0.6 is 0 Å². The maximum Gasteiger partial charge on any atom is 0.307 e. The van der Waals surface area contributed by atoms with E-state index in [0.29, 0.717) is 12.0 Å². The molecule has 0 aromatic heterocycles. The molecule has 116 valence electrons. The number of carbonyl (C=O) groups is 2. The van der Waals surface area contributed by atoms with Crippen LogP contribution < -0.4 is 5.32 Å². The first-order valence-electron chi connectivity index (χ1n) is 6.75. The summed E-state index contributed by atoms with van der Waals surface area (Å²) < 4.78 is 17.5. The Balaban J connectivity index is 2.90. The molecule has 0 aliphatic carbocycles. The molecule has 2 unspecified atom stereocenters. The summed E-state index contributed by atoms with van der Waals surface area (Å²) in [5, 5.41) is 12.2. The zero-order chi connectivity index (χ0) is 15.8. The molecule has 0 amide bonds. The van der Waals surface area contributed by atoms with Crippen molar-refractivity contribution in [1.29, 1.82) is 0 Å². The van der Waals surface area contributed by atoms with Crippen molar-refractivity contribution < 1.29 is 23.8 Å². The standard InChI is InChI=1S/C15H20FNO4/c1-3-12(9-18)17-13(8-14(19)21-2)15(20)10-4-6-11(16)7-5-10/h4-7,12-13,17-18H,3,8-9H2,1-2H3. The number of methoxy groups -OCH3 is 1. The molecule has 5 nitrogen and oxygen atoms in total. The zero-order valence-corrected chi connectivity index (χ0v) is 12.1. The average molecular weight is 297 g/mol. The average Bonchev–Trinajstić information content (AvgIpc) is 2.51.